The minimum absolute atomic E-state index is 0.00345. The van der Waals surface area contributed by atoms with Gasteiger partial charge in [-0.05, 0) is 42.5 Å². The number of carbonyl (C=O) groups is 1. The second kappa shape index (κ2) is 7.74. The molecule has 0 amide bonds. The molecule has 2 aromatic carbocycles. The molecule has 0 aliphatic carbocycles. The quantitative estimate of drug-likeness (QED) is 0.703. The fourth-order valence-corrected chi connectivity index (χ4v) is 4.42. The summed E-state index contributed by atoms with van der Waals surface area (Å²) in [6, 6.07) is 10.3. The summed E-state index contributed by atoms with van der Waals surface area (Å²) in [7, 11) is -3.99. The normalized spacial score (nSPS) is 11.3. The third-order valence-corrected chi connectivity index (χ3v) is 5.98. The van der Waals surface area contributed by atoms with E-state index in [0.29, 0.717) is 9.50 Å². The largest absolute Gasteiger partial charge is 0.481 e. The number of anilines is 1. The zero-order chi connectivity index (χ0) is 17.9. The first-order valence-corrected chi connectivity index (χ1v) is 9.66. The number of rotatable bonds is 6. The molecule has 0 radical (unpaired) electrons. The number of carboxylic acid groups (broad SMARTS) is 1. The van der Waals surface area contributed by atoms with Gasteiger partial charge in [-0.15, -0.1) is 0 Å². The van der Waals surface area contributed by atoms with E-state index >= 15 is 0 Å². The molecule has 2 rings (SSSR count). The fraction of sp³-hybridized carbons (Fsp3) is 0.133. The summed E-state index contributed by atoms with van der Waals surface area (Å²) in [5.41, 5.74) is 0.205. The lowest BCUT2D eigenvalue weighted by Crippen LogP contribution is -2.33. The van der Waals surface area contributed by atoms with E-state index in [4.69, 9.17) is 28.3 Å². The highest BCUT2D eigenvalue weighted by Gasteiger charge is 2.27. The molecule has 0 bridgehead atoms. The van der Waals surface area contributed by atoms with Crippen LogP contribution in [0.3, 0.4) is 0 Å². The molecule has 0 saturated carbocycles. The van der Waals surface area contributed by atoms with Crippen molar-refractivity contribution in [1.29, 1.82) is 0 Å². The molecule has 0 aliphatic rings. The van der Waals surface area contributed by atoms with Gasteiger partial charge in [0.2, 0.25) is 0 Å². The van der Waals surface area contributed by atoms with Crippen LogP contribution >= 0.6 is 39.1 Å². The van der Waals surface area contributed by atoms with Crippen molar-refractivity contribution >= 4 is 60.8 Å². The van der Waals surface area contributed by atoms with Crippen LogP contribution in [0.2, 0.25) is 10.0 Å². The third kappa shape index (κ3) is 4.42. The lowest BCUT2D eigenvalue weighted by Gasteiger charge is -2.25. The van der Waals surface area contributed by atoms with Crippen LogP contribution in [0.1, 0.15) is 6.42 Å². The van der Waals surface area contributed by atoms with Crippen molar-refractivity contribution in [1.82, 2.24) is 0 Å². The van der Waals surface area contributed by atoms with Crippen LogP contribution in [0.25, 0.3) is 0 Å². The van der Waals surface area contributed by atoms with E-state index in [1.54, 1.807) is 12.1 Å². The monoisotopic (exact) mass is 451 g/mol. The second-order valence-corrected chi connectivity index (χ2v) is 8.39. The van der Waals surface area contributed by atoms with E-state index in [1.807, 2.05) is 0 Å². The van der Waals surface area contributed by atoms with Gasteiger partial charge < -0.3 is 5.11 Å². The van der Waals surface area contributed by atoms with Crippen LogP contribution in [0.5, 0.6) is 0 Å². The summed E-state index contributed by atoms with van der Waals surface area (Å²) in [5, 5.41) is 9.50. The maximum atomic E-state index is 12.9. The van der Waals surface area contributed by atoms with Gasteiger partial charge >= 0.3 is 5.97 Å². The Labute approximate surface area is 158 Å². The molecule has 0 spiro atoms. The van der Waals surface area contributed by atoms with Crippen molar-refractivity contribution in [3.8, 4) is 0 Å². The Morgan fingerprint density at radius 1 is 1.12 bits per heavy atom. The number of halogens is 3. The van der Waals surface area contributed by atoms with E-state index in [2.05, 4.69) is 15.9 Å². The van der Waals surface area contributed by atoms with Gasteiger partial charge in [0.05, 0.1) is 22.0 Å². The van der Waals surface area contributed by atoms with E-state index < -0.39 is 16.0 Å². The van der Waals surface area contributed by atoms with Gasteiger partial charge in [0.25, 0.3) is 10.0 Å². The molecule has 9 heteroatoms. The van der Waals surface area contributed by atoms with Gasteiger partial charge in [-0.3, -0.25) is 9.10 Å². The molecule has 1 N–H and O–H groups in total. The van der Waals surface area contributed by atoms with Crippen molar-refractivity contribution in [3.05, 3.63) is 57.0 Å². The van der Waals surface area contributed by atoms with E-state index in [9.17, 15) is 13.2 Å². The average molecular weight is 453 g/mol. The number of benzene rings is 2. The molecule has 24 heavy (non-hydrogen) atoms. The maximum absolute atomic E-state index is 12.9. The van der Waals surface area contributed by atoms with E-state index in [-0.39, 0.29) is 28.6 Å². The number of sulfonamides is 1. The standard InChI is InChI=1S/C15H12BrCl2NO4S/c16-10-1-6-14(13(18)9-10)19(8-7-15(20)21)24(22,23)12-4-2-11(17)3-5-12/h1-6,9H,7-8H2,(H,20,21). The van der Waals surface area contributed by atoms with Crippen LogP contribution in [0, 0.1) is 0 Å². The Balaban J connectivity index is 2.52. The molecule has 0 unspecified atom stereocenters. The molecule has 2 aromatic rings. The molecule has 5 nitrogen and oxygen atoms in total. The molecule has 128 valence electrons. The van der Waals surface area contributed by atoms with Crippen LogP contribution in [0.4, 0.5) is 5.69 Å². The van der Waals surface area contributed by atoms with Gasteiger partial charge in [0, 0.05) is 16.0 Å². The Hall–Kier alpha value is -1.28. The SMILES string of the molecule is O=C(O)CCN(c1ccc(Br)cc1Cl)S(=O)(=O)c1ccc(Cl)cc1. The highest BCUT2D eigenvalue weighted by Crippen LogP contribution is 2.33. The summed E-state index contributed by atoms with van der Waals surface area (Å²) >= 11 is 15.2. The highest BCUT2D eigenvalue weighted by molar-refractivity contribution is 9.10. The first-order valence-electron chi connectivity index (χ1n) is 6.67. The van der Waals surface area contributed by atoms with Gasteiger partial charge in [-0.2, -0.15) is 0 Å². The summed E-state index contributed by atoms with van der Waals surface area (Å²) in [4.78, 5) is 10.9. The smallest absolute Gasteiger partial charge is 0.305 e. The van der Waals surface area contributed by atoms with Crippen molar-refractivity contribution < 1.29 is 18.3 Å². The summed E-state index contributed by atoms with van der Waals surface area (Å²) in [6.45, 7) is -0.248. The molecule has 0 saturated heterocycles. The lowest BCUT2D eigenvalue weighted by molar-refractivity contribution is -0.136. The summed E-state index contributed by atoms with van der Waals surface area (Å²) in [6.07, 6.45) is -0.362. The van der Waals surface area contributed by atoms with Gasteiger partial charge in [-0.1, -0.05) is 39.1 Å². The van der Waals surface area contributed by atoms with Crippen molar-refractivity contribution in [2.45, 2.75) is 11.3 Å². The maximum Gasteiger partial charge on any atom is 0.305 e. The Kier molecular flexibility index (Phi) is 6.14. The van der Waals surface area contributed by atoms with Crippen molar-refractivity contribution in [2.24, 2.45) is 0 Å². The molecule has 0 aliphatic heterocycles. The fourth-order valence-electron chi connectivity index (χ4n) is 1.98. The topological polar surface area (TPSA) is 74.7 Å². The Morgan fingerprint density at radius 2 is 1.75 bits per heavy atom. The minimum Gasteiger partial charge on any atom is -0.481 e. The van der Waals surface area contributed by atoms with Gasteiger partial charge in [0.1, 0.15) is 0 Å². The van der Waals surface area contributed by atoms with Gasteiger partial charge in [0.15, 0.2) is 0 Å². The van der Waals surface area contributed by atoms with Crippen LogP contribution < -0.4 is 4.31 Å². The third-order valence-electron chi connectivity index (χ3n) is 3.11. The minimum atomic E-state index is -3.99. The Morgan fingerprint density at radius 3 is 2.29 bits per heavy atom. The second-order valence-electron chi connectivity index (χ2n) is 4.77. The molecule has 0 heterocycles. The Bertz CT molecular complexity index is 856. The van der Waals surface area contributed by atoms with Crippen LogP contribution in [-0.2, 0) is 14.8 Å². The number of hydrogen-bond acceptors (Lipinski definition) is 3. The molecule has 0 fully saturated rings. The summed E-state index contributed by atoms with van der Waals surface area (Å²) < 4.78 is 27.5. The first kappa shape index (κ1) is 19.1. The van der Waals surface area contributed by atoms with Crippen molar-refractivity contribution in [2.75, 3.05) is 10.8 Å². The lowest BCUT2D eigenvalue weighted by atomic mass is 10.3. The zero-order valence-corrected chi connectivity index (χ0v) is 16.0. The highest BCUT2D eigenvalue weighted by atomic mass is 79.9. The van der Waals surface area contributed by atoms with Crippen LogP contribution in [0.15, 0.2) is 51.8 Å². The number of carboxylic acids is 1. The average Bonchev–Trinajstić information content (AvgIpc) is 2.49. The van der Waals surface area contributed by atoms with Gasteiger partial charge in [-0.25, -0.2) is 8.42 Å². The molecular formula is C15H12BrCl2NO4S. The predicted octanol–water partition coefficient (Wildman–Crippen LogP) is 4.43. The molecule has 0 aromatic heterocycles. The van der Waals surface area contributed by atoms with E-state index in [1.165, 1.54) is 30.3 Å². The van der Waals surface area contributed by atoms with Crippen molar-refractivity contribution in [3.63, 3.8) is 0 Å². The summed E-state index contributed by atoms with van der Waals surface area (Å²) in [5.74, 6) is -1.11. The predicted molar refractivity (Wildman–Crippen MR) is 97.4 cm³/mol. The number of aliphatic carboxylic acids is 1. The van der Waals surface area contributed by atoms with Crippen LogP contribution in [-0.4, -0.2) is 26.0 Å². The first-order chi connectivity index (χ1) is 11.2. The number of hydrogen-bond donors (Lipinski definition) is 1. The molecular weight excluding hydrogens is 441 g/mol. The number of nitrogens with zero attached hydrogens (tertiary/aromatic N) is 1. The molecule has 0 atom stereocenters. The van der Waals surface area contributed by atoms with E-state index in [0.717, 1.165) is 4.31 Å². The zero-order valence-electron chi connectivity index (χ0n) is 12.1.